The van der Waals surface area contributed by atoms with Gasteiger partial charge in [0.2, 0.25) is 5.91 Å². The topological polar surface area (TPSA) is 42.2 Å². The predicted octanol–water partition coefficient (Wildman–Crippen LogP) is 4.83. The Labute approximate surface area is 135 Å². The first-order valence-electron chi connectivity index (χ1n) is 6.50. The molecular weight excluding hydrogens is 357 g/mol. The van der Waals surface area contributed by atoms with Crippen LogP contribution in [0.15, 0.2) is 45.5 Å². The summed E-state index contributed by atoms with van der Waals surface area (Å²) in [6, 6.07) is 8.24. The Morgan fingerprint density at radius 1 is 1.48 bits per heavy atom. The summed E-state index contributed by atoms with van der Waals surface area (Å²) in [4.78, 5) is 12.2. The van der Waals surface area contributed by atoms with Crippen molar-refractivity contribution in [1.29, 1.82) is 0 Å². The van der Waals surface area contributed by atoms with Gasteiger partial charge in [-0.2, -0.15) is 0 Å². The highest BCUT2D eigenvalue weighted by Crippen LogP contribution is 2.24. The molecule has 1 aromatic carbocycles. The summed E-state index contributed by atoms with van der Waals surface area (Å²) in [5.74, 6) is 0.779. The van der Waals surface area contributed by atoms with Gasteiger partial charge >= 0.3 is 0 Å². The number of halogens is 2. The van der Waals surface area contributed by atoms with Crippen molar-refractivity contribution in [1.82, 2.24) is 0 Å². The largest absolute Gasteiger partial charge is 0.468 e. The summed E-state index contributed by atoms with van der Waals surface area (Å²) < 4.78 is 19.6. The zero-order valence-electron chi connectivity index (χ0n) is 11.4. The Bertz CT molecular complexity index is 604. The maximum absolute atomic E-state index is 13.7. The molecule has 0 saturated heterocycles. The van der Waals surface area contributed by atoms with Crippen molar-refractivity contribution >= 4 is 39.3 Å². The molecule has 1 atom stereocenters. The van der Waals surface area contributed by atoms with Crippen LogP contribution >= 0.6 is 27.7 Å². The molecule has 1 amide bonds. The minimum Gasteiger partial charge on any atom is -0.468 e. The van der Waals surface area contributed by atoms with E-state index in [0.717, 1.165) is 5.76 Å². The summed E-state index contributed by atoms with van der Waals surface area (Å²) in [7, 11) is 0. The van der Waals surface area contributed by atoms with Gasteiger partial charge < -0.3 is 9.73 Å². The average molecular weight is 372 g/mol. The summed E-state index contributed by atoms with van der Waals surface area (Å²) in [5, 5.41) is 2.38. The highest BCUT2D eigenvalue weighted by atomic mass is 79.9. The number of nitrogens with one attached hydrogen (secondary N) is 1. The van der Waals surface area contributed by atoms with E-state index in [1.54, 1.807) is 18.4 Å². The van der Waals surface area contributed by atoms with Gasteiger partial charge in [0.25, 0.3) is 0 Å². The van der Waals surface area contributed by atoms with E-state index >= 15 is 0 Å². The van der Waals surface area contributed by atoms with Gasteiger partial charge in [0.1, 0.15) is 11.6 Å². The minimum atomic E-state index is -0.455. The summed E-state index contributed by atoms with van der Waals surface area (Å²) in [6.45, 7) is 1.93. The number of hydrogen-bond donors (Lipinski definition) is 1. The van der Waals surface area contributed by atoms with Crippen LogP contribution in [-0.2, 0) is 10.5 Å². The SMILES string of the molecule is CCC(SCc1ccco1)C(=O)Nc1ccc(Br)cc1F. The monoisotopic (exact) mass is 371 g/mol. The van der Waals surface area contributed by atoms with E-state index in [0.29, 0.717) is 16.6 Å². The van der Waals surface area contributed by atoms with Gasteiger partial charge in [-0.1, -0.05) is 22.9 Å². The molecule has 1 heterocycles. The minimum absolute atomic E-state index is 0.195. The third kappa shape index (κ3) is 4.61. The molecule has 0 aliphatic carbocycles. The second kappa shape index (κ2) is 7.66. The molecule has 3 nitrogen and oxygen atoms in total. The molecule has 0 aliphatic heterocycles. The van der Waals surface area contributed by atoms with E-state index in [9.17, 15) is 9.18 Å². The normalized spacial score (nSPS) is 12.1. The van der Waals surface area contributed by atoms with Crippen LogP contribution in [0.1, 0.15) is 19.1 Å². The highest BCUT2D eigenvalue weighted by Gasteiger charge is 2.19. The number of amides is 1. The lowest BCUT2D eigenvalue weighted by Gasteiger charge is -2.14. The Morgan fingerprint density at radius 2 is 2.29 bits per heavy atom. The van der Waals surface area contributed by atoms with E-state index in [1.165, 1.54) is 17.8 Å². The van der Waals surface area contributed by atoms with Crippen LogP contribution < -0.4 is 5.32 Å². The molecule has 0 bridgehead atoms. The Balaban J connectivity index is 1.96. The molecule has 0 aliphatic rings. The fourth-order valence-corrected chi connectivity index (χ4v) is 3.07. The molecule has 1 unspecified atom stereocenters. The molecular formula is C15H15BrFNO2S. The number of furan rings is 1. The first kappa shape index (κ1) is 16.1. The molecule has 112 valence electrons. The summed E-state index contributed by atoms with van der Waals surface area (Å²) in [6.07, 6.45) is 2.27. The number of benzene rings is 1. The van der Waals surface area contributed by atoms with Crippen molar-refractivity contribution in [2.75, 3.05) is 5.32 Å². The molecule has 0 radical (unpaired) electrons. The van der Waals surface area contributed by atoms with E-state index in [-0.39, 0.29) is 16.8 Å². The van der Waals surface area contributed by atoms with Gasteiger partial charge in [-0.25, -0.2) is 4.39 Å². The molecule has 0 fully saturated rings. The predicted molar refractivity (Wildman–Crippen MR) is 86.8 cm³/mol. The molecule has 2 aromatic rings. The lowest BCUT2D eigenvalue weighted by molar-refractivity contribution is -0.115. The smallest absolute Gasteiger partial charge is 0.237 e. The van der Waals surface area contributed by atoms with Gasteiger partial charge in [0.05, 0.1) is 23.0 Å². The van der Waals surface area contributed by atoms with Crippen LogP contribution in [0.3, 0.4) is 0 Å². The third-order valence-corrected chi connectivity index (χ3v) is 4.75. The zero-order chi connectivity index (χ0) is 15.2. The van der Waals surface area contributed by atoms with Crippen molar-refractivity contribution in [3.8, 4) is 0 Å². The van der Waals surface area contributed by atoms with Gasteiger partial charge in [-0.05, 0) is 36.8 Å². The van der Waals surface area contributed by atoms with Crippen LogP contribution in [0.2, 0.25) is 0 Å². The van der Waals surface area contributed by atoms with Crippen molar-refractivity contribution in [3.05, 3.63) is 52.6 Å². The zero-order valence-corrected chi connectivity index (χ0v) is 13.8. The maximum atomic E-state index is 13.7. The van der Waals surface area contributed by atoms with Crippen LogP contribution in [0.4, 0.5) is 10.1 Å². The number of anilines is 1. The van der Waals surface area contributed by atoms with E-state index in [2.05, 4.69) is 21.2 Å². The standard InChI is InChI=1S/C15H15BrFNO2S/c1-2-14(21-9-11-4-3-7-20-11)15(19)18-13-6-5-10(16)8-12(13)17/h3-8,14H,2,9H2,1H3,(H,18,19). The third-order valence-electron chi connectivity index (χ3n) is 2.86. The number of carbonyl (C=O) groups is 1. The van der Waals surface area contributed by atoms with Crippen LogP contribution in [0.5, 0.6) is 0 Å². The molecule has 1 N–H and O–H groups in total. The first-order valence-corrected chi connectivity index (χ1v) is 8.34. The Hall–Kier alpha value is -1.27. The maximum Gasteiger partial charge on any atom is 0.237 e. The van der Waals surface area contributed by atoms with Gasteiger partial charge in [-0.3, -0.25) is 4.79 Å². The Morgan fingerprint density at radius 3 is 2.90 bits per heavy atom. The molecule has 6 heteroatoms. The average Bonchev–Trinajstić information content (AvgIpc) is 2.96. The second-order valence-electron chi connectivity index (χ2n) is 4.40. The fourth-order valence-electron chi connectivity index (χ4n) is 1.76. The number of carbonyl (C=O) groups excluding carboxylic acids is 1. The first-order chi connectivity index (χ1) is 10.1. The number of rotatable bonds is 6. The van der Waals surface area contributed by atoms with Crippen molar-refractivity contribution < 1.29 is 13.6 Å². The molecule has 21 heavy (non-hydrogen) atoms. The van der Waals surface area contributed by atoms with Gasteiger partial charge in [-0.15, -0.1) is 11.8 Å². The fraction of sp³-hybridized carbons (Fsp3) is 0.267. The van der Waals surface area contributed by atoms with Crippen LogP contribution in [0.25, 0.3) is 0 Å². The van der Waals surface area contributed by atoms with E-state index < -0.39 is 5.82 Å². The number of hydrogen-bond acceptors (Lipinski definition) is 3. The Kier molecular flexibility index (Phi) is 5.87. The number of thioether (sulfide) groups is 1. The lowest BCUT2D eigenvalue weighted by atomic mass is 10.2. The van der Waals surface area contributed by atoms with Gasteiger partial charge in [0.15, 0.2) is 0 Å². The van der Waals surface area contributed by atoms with E-state index in [1.807, 2.05) is 19.1 Å². The lowest BCUT2D eigenvalue weighted by Crippen LogP contribution is -2.25. The summed E-state index contributed by atoms with van der Waals surface area (Å²) >= 11 is 4.66. The van der Waals surface area contributed by atoms with Crippen LogP contribution in [-0.4, -0.2) is 11.2 Å². The molecule has 1 aromatic heterocycles. The van der Waals surface area contributed by atoms with E-state index in [4.69, 9.17) is 4.42 Å². The molecule has 0 saturated carbocycles. The highest BCUT2D eigenvalue weighted by molar-refractivity contribution is 9.10. The van der Waals surface area contributed by atoms with Crippen molar-refractivity contribution in [2.45, 2.75) is 24.3 Å². The van der Waals surface area contributed by atoms with Crippen LogP contribution in [0, 0.1) is 5.82 Å². The second-order valence-corrected chi connectivity index (χ2v) is 6.51. The summed E-state index contributed by atoms with van der Waals surface area (Å²) in [5.41, 5.74) is 0.195. The quantitative estimate of drug-likeness (QED) is 0.790. The molecule has 2 rings (SSSR count). The van der Waals surface area contributed by atoms with Crippen molar-refractivity contribution in [3.63, 3.8) is 0 Å². The molecule has 0 spiro atoms. The van der Waals surface area contributed by atoms with Gasteiger partial charge in [0, 0.05) is 4.47 Å². The van der Waals surface area contributed by atoms with Crippen molar-refractivity contribution in [2.24, 2.45) is 0 Å².